The lowest BCUT2D eigenvalue weighted by Gasteiger charge is -2.08. The van der Waals surface area contributed by atoms with E-state index in [4.69, 9.17) is 0 Å². The lowest BCUT2D eigenvalue weighted by atomic mass is 10.1. The minimum Gasteiger partial charge on any atom is -0.300 e. The summed E-state index contributed by atoms with van der Waals surface area (Å²) in [5.41, 5.74) is 2.37. The summed E-state index contributed by atoms with van der Waals surface area (Å²) in [6, 6.07) is 13.2. The van der Waals surface area contributed by atoms with Crippen LogP contribution < -0.4 is 10.9 Å². The molecule has 0 unspecified atom stereocenters. The molecule has 0 aliphatic heterocycles. The van der Waals surface area contributed by atoms with Crippen molar-refractivity contribution < 1.29 is 4.79 Å². The molecule has 0 spiro atoms. The summed E-state index contributed by atoms with van der Waals surface area (Å²) in [6.07, 6.45) is 0. The topological polar surface area (TPSA) is 76.9 Å². The number of nitrogens with one attached hydrogen (secondary N) is 1. The van der Waals surface area contributed by atoms with Crippen molar-refractivity contribution in [2.75, 3.05) is 5.32 Å². The summed E-state index contributed by atoms with van der Waals surface area (Å²) in [7, 11) is 0. The zero-order chi connectivity index (χ0) is 18.3. The Morgan fingerprint density at radius 2 is 1.88 bits per heavy atom. The van der Waals surface area contributed by atoms with Crippen LogP contribution in [-0.2, 0) is 11.3 Å². The van der Waals surface area contributed by atoms with Crippen LogP contribution in [0.15, 0.2) is 47.3 Å². The molecule has 2 aromatic carbocycles. The van der Waals surface area contributed by atoms with Crippen LogP contribution >= 0.6 is 11.3 Å². The Morgan fingerprint density at radius 3 is 2.65 bits per heavy atom. The molecule has 0 aliphatic carbocycles. The molecule has 1 N–H and O–H groups in total. The van der Waals surface area contributed by atoms with E-state index in [2.05, 4.69) is 15.4 Å². The Hall–Kier alpha value is -3.06. The van der Waals surface area contributed by atoms with Gasteiger partial charge in [-0.2, -0.15) is 5.10 Å². The van der Waals surface area contributed by atoms with Crippen LogP contribution in [0.3, 0.4) is 0 Å². The summed E-state index contributed by atoms with van der Waals surface area (Å²) in [6.45, 7) is 3.65. The molecule has 0 bridgehead atoms. The fourth-order valence-electron chi connectivity index (χ4n) is 2.95. The van der Waals surface area contributed by atoms with Gasteiger partial charge in [0, 0.05) is 5.39 Å². The van der Waals surface area contributed by atoms with Gasteiger partial charge in [-0.1, -0.05) is 41.7 Å². The van der Waals surface area contributed by atoms with Gasteiger partial charge in [-0.15, -0.1) is 0 Å². The third kappa shape index (κ3) is 2.86. The van der Waals surface area contributed by atoms with E-state index in [1.165, 1.54) is 16.0 Å². The quantitative estimate of drug-likeness (QED) is 0.605. The first-order valence-electron chi connectivity index (χ1n) is 8.15. The molecule has 26 heavy (non-hydrogen) atoms. The lowest BCUT2D eigenvalue weighted by molar-refractivity contribution is -0.117. The molecular formula is C19H16N4O2S. The van der Waals surface area contributed by atoms with Crippen LogP contribution in [-0.4, -0.2) is 20.7 Å². The fraction of sp³-hybridized carbons (Fsp3) is 0.158. The highest BCUT2D eigenvalue weighted by Crippen LogP contribution is 2.27. The molecule has 2 heterocycles. The molecule has 6 nitrogen and oxygen atoms in total. The Kier molecular flexibility index (Phi) is 4.00. The Labute approximate surface area is 153 Å². The van der Waals surface area contributed by atoms with E-state index in [9.17, 15) is 9.59 Å². The van der Waals surface area contributed by atoms with E-state index < -0.39 is 0 Å². The van der Waals surface area contributed by atoms with E-state index in [1.807, 2.05) is 44.2 Å². The molecule has 4 aromatic rings. The van der Waals surface area contributed by atoms with Gasteiger partial charge in [-0.25, -0.2) is 9.67 Å². The van der Waals surface area contributed by atoms with E-state index in [-0.39, 0.29) is 18.0 Å². The van der Waals surface area contributed by atoms with Crippen molar-refractivity contribution in [1.29, 1.82) is 0 Å². The Bertz CT molecular complexity index is 1210. The highest BCUT2D eigenvalue weighted by Gasteiger charge is 2.13. The van der Waals surface area contributed by atoms with Crippen LogP contribution in [0.1, 0.15) is 11.3 Å². The van der Waals surface area contributed by atoms with Crippen LogP contribution in [0.5, 0.6) is 0 Å². The second kappa shape index (κ2) is 6.34. The van der Waals surface area contributed by atoms with E-state index >= 15 is 0 Å². The first-order chi connectivity index (χ1) is 12.5. The van der Waals surface area contributed by atoms with E-state index in [0.717, 1.165) is 21.2 Å². The second-order valence-electron chi connectivity index (χ2n) is 6.08. The summed E-state index contributed by atoms with van der Waals surface area (Å²) in [4.78, 5) is 29.4. The fourth-order valence-corrected chi connectivity index (χ4v) is 3.91. The first-order valence-corrected chi connectivity index (χ1v) is 8.97. The Balaban J connectivity index is 1.62. The molecule has 0 saturated heterocycles. The number of hydrogen-bond donors (Lipinski definition) is 1. The van der Waals surface area contributed by atoms with Gasteiger partial charge in [-0.3, -0.25) is 9.59 Å². The maximum atomic E-state index is 12.6. The normalized spacial score (nSPS) is 11.2. The molecule has 7 heteroatoms. The monoisotopic (exact) mass is 364 g/mol. The largest absolute Gasteiger partial charge is 0.300 e. The number of fused-ring (bicyclic) bond motifs is 2. The Morgan fingerprint density at radius 1 is 1.12 bits per heavy atom. The van der Waals surface area contributed by atoms with Gasteiger partial charge in [0.1, 0.15) is 6.54 Å². The van der Waals surface area contributed by atoms with Crippen LogP contribution in [0, 0.1) is 13.8 Å². The van der Waals surface area contributed by atoms with Crippen LogP contribution in [0.2, 0.25) is 0 Å². The number of aromatic nitrogens is 3. The molecule has 2 aromatic heterocycles. The number of aryl methyl sites for hydroxylation is 2. The SMILES string of the molecule is Cc1nn(CC(=O)Nc2nc3c(C)cccc3s2)c(=O)c2ccccc12. The molecular weight excluding hydrogens is 348 g/mol. The zero-order valence-corrected chi connectivity index (χ0v) is 15.1. The average Bonchev–Trinajstić information content (AvgIpc) is 3.03. The number of carbonyl (C=O) groups excluding carboxylic acids is 1. The van der Waals surface area contributed by atoms with Crippen molar-refractivity contribution in [2.45, 2.75) is 20.4 Å². The minimum absolute atomic E-state index is 0.153. The maximum Gasteiger partial charge on any atom is 0.275 e. The van der Waals surface area contributed by atoms with Crippen molar-refractivity contribution in [1.82, 2.24) is 14.8 Å². The van der Waals surface area contributed by atoms with Crippen molar-refractivity contribution in [3.05, 3.63) is 64.1 Å². The predicted octanol–water partition coefficient (Wildman–Crippen LogP) is 3.26. The molecule has 0 aliphatic rings. The van der Waals surface area contributed by atoms with Crippen LogP contribution in [0.4, 0.5) is 5.13 Å². The number of para-hydroxylation sites is 1. The molecule has 0 fully saturated rings. The lowest BCUT2D eigenvalue weighted by Crippen LogP contribution is -2.30. The van der Waals surface area contributed by atoms with Gasteiger partial charge in [0.25, 0.3) is 5.56 Å². The van der Waals surface area contributed by atoms with Gasteiger partial charge < -0.3 is 5.32 Å². The number of carbonyl (C=O) groups is 1. The molecule has 4 rings (SSSR count). The predicted molar refractivity (Wildman–Crippen MR) is 104 cm³/mol. The maximum absolute atomic E-state index is 12.6. The number of amides is 1. The van der Waals surface area contributed by atoms with Gasteiger partial charge >= 0.3 is 0 Å². The standard InChI is InChI=1S/C19H16N4O2S/c1-11-6-5-9-15-17(11)21-19(26-15)20-16(24)10-23-18(25)14-8-4-3-7-13(14)12(2)22-23/h3-9H,10H2,1-2H3,(H,20,21,24). The molecule has 0 atom stereocenters. The number of rotatable bonds is 3. The zero-order valence-electron chi connectivity index (χ0n) is 14.3. The van der Waals surface area contributed by atoms with Gasteiger partial charge in [0.2, 0.25) is 5.91 Å². The summed E-state index contributed by atoms with van der Waals surface area (Å²) < 4.78 is 2.21. The van der Waals surface area contributed by atoms with Crippen molar-refractivity contribution >= 4 is 43.4 Å². The van der Waals surface area contributed by atoms with Gasteiger partial charge in [-0.05, 0) is 31.5 Å². The molecule has 0 saturated carbocycles. The number of anilines is 1. The van der Waals surface area contributed by atoms with Gasteiger partial charge in [0.15, 0.2) is 5.13 Å². The smallest absolute Gasteiger partial charge is 0.275 e. The third-order valence-electron chi connectivity index (χ3n) is 4.21. The molecule has 1 amide bonds. The van der Waals surface area contributed by atoms with Crippen molar-refractivity contribution in [3.8, 4) is 0 Å². The summed E-state index contributed by atoms with van der Waals surface area (Å²) in [5.74, 6) is -0.328. The van der Waals surface area contributed by atoms with Gasteiger partial charge in [0.05, 0.1) is 21.3 Å². The molecule has 130 valence electrons. The number of benzene rings is 2. The number of nitrogens with zero attached hydrogens (tertiary/aromatic N) is 3. The third-order valence-corrected chi connectivity index (χ3v) is 5.15. The number of thiazole rings is 1. The highest BCUT2D eigenvalue weighted by atomic mass is 32.1. The van der Waals surface area contributed by atoms with Crippen LogP contribution in [0.25, 0.3) is 21.0 Å². The highest BCUT2D eigenvalue weighted by molar-refractivity contribution is 7.22. The molecule has 0 radical (unpaired) electrons. The van der Waals surface area contributed by atoms with Crippen molar-refractivity contribution in [2.24, 2.45) is 0 Å². The minimum atomic E-state index is -0.328. The van der Waals surface area contributed by atoms with E-state index in [1.54, 1.807) is 12.1 Å². The van der Waals surface area contributed by atoms with Crippen molar-refractivity contribution in [3.63, 3.8) is 0 Å². The first kappa shape index (κ1) is 16.4. The van der Waals surface area contributed by atoms with E-state index in [0.29, 0.717) is 16.2 Å². The number of hydrogen-bond acceptors (Lipinski definition) is 5. The summed E-state index contributed by atoms with van der Waals surface area (Å²) in [5, 5.41) is 8.92. The average molecular weight is 364 g/mol. The summed E-state index contributed by atoms with van der Waals surface area (Å²) >= 11 is 1.41. The second-order valence-corrected chi connectivity index (χ2v) is 7.11.